The first-order valence-electron chi connectivity index (χ1n) is 2.15. The van der Waals surface area contributed by atoms with Gasteiger partial charge in [-0.15, -0.1) is 11.6 Å². The highest BCUT2D eigenvalue weighted by Crippen LogP contribution is 1.99. The van der Waals surface area contributed by atoms with Gasteiger partial charge >= 0.3 is 0 Å². The summed E-state index contributed by atoms with van der Waals surface area (Å²) in [6.07, 6.45) is 2.77. The van der Waals surface area contributed by atoms with Crippen LogP contribution in [0.15, 0.2) is 11.1 Å². The quantitative estimate of drug-likeness (QED) is 0.516. The van der Waals surface area contributed by atoms with Gasteiger partial charge in [-0.25, -0.2) is 0 Å². The maximum Gasteiger partial charge on any atom is 0.0258 e. The van der Waals surface area contributed by atoms with Crippen LogP contribution in [0.4, 0.5) is 0 Å². The first-order valence-corrected chi connectivity index (χ1v) is 3.07. The molecule has 0 aromatic heterocycles. The van der Waals surface area contributed by atoms with Gasteiger partial charge in [0, 0.05) is 10.9 Å². The third kappa shape index (κ3) is 6.32. The SMILES string of the molecule is C/C(Cl)=C/CCCl. The standard InChI is InChI=1S/C5H8Cl2/c1-5(7)3-2-4-6/h3H,2,4H2,1H3/b5-3-. The minimum absolute atomic E-state index is 0.657. The molecule has 2 heteroatoms. The van der Waals surface area contributed by atoms with Gasteiger partial charge in [-0.1, -0.05) is 17.7 Å². The van der Waals surface area contributed by atoms with E-state index in [0.717, 1.165) is 11.5 Å². The normalized spacial score (nSPS) is 12.1. The zero-order valence-electron chi connectivity index (χ0n) is 4.25. The molecule has 0 rings (SSSR count). The molecule has 0 unspecified atom stereocenters. The monoisotopic (exact) mass is 138 g/mol. The Morgan fingerprint density at radius 3 is 2.43 bits per heavy atom. The van der Waals surface area contributed by atoms with Crippen LogP contribution in [0.25, 0.3) is 0 Å². The lowest BCUT2D eigenvalue weighted by atomic mass is 10.4. The van der Waals surface area contributed by atoms with Crippen LogP contribution >= 0.6 is 23.2 Å². The molecule has 0 saturated heterocycles. The molecule has 7 heavy (non-hydrogen) atoms. The van der Waals surface area contributed by atoms with Crippen LogP contribution in [0.1, 0.15) is 13.3 Å². The van der Waals surface area contributed by atoms with Gasteiger partial charge in [0.1, 0.15) is 0 Å². The second-order valence-corrected chi connectivity index (χ2v) is 2.24. The van der Waals surface area contributed by atoms with Crippen LogP contribution in [0.5, 0.6) is 0 Å². The summed E-state index contributed by atoms with van der Waals surface area (Å²) in [4.78, 5) is 0. The van der Waals surface area contributed by atoms with Crippen LogP contribution in [0.3, 0.4) is 0 Å². The molecule has 42 valence electrons. The fourth-order valence-electron chi connectivity index (χ4n) is 0.253. The van der Waals surface area contributed by atoms with Crippen molar-refractivity contribution in [3.63, 3.8) is 0 Å². The third-order valence-electron chi connectivity index (χ3n) is 0.535. The van der Waals surface area contributed by atoms with Gasteiger partial charge in [-0.05, 0) is 13.3 Å². The van der Waals surface area contributed by atoms with Crippen molar-refractivity contribution in [2.24, 2.45) is 0 Å². The van der Waals surface area contributed by atoms with Gasteiger partial charge in [0.05, 0.1) is 0 Å². The molecule has 0 N–H and O–H groups in total. The number of hydrogen-bond donors (Lipinski definition) is 0. The van der Waals surface area contributed by atoms with Crippen LogP contribution in [0, 0.1) is 0 Å². The predicted octanol–water partition coefficient (Wildman–Crippen LogP) is 2.76. The van der Waals surface area contributed by atoms with Crippen LogP contribution in [0.2, 0.25) is 0 Å². The number of rotatable bonds is 2. The van der Waals surface area contributed by atoms with Gasteiger partial charge in [0.25, 0.3) is 0 Å². The maximum absolute atomic E-state index is 5.46. The van der Waals surface area contributed by atoms with Crippen molar-refractivity contribution < 1.29 is 0 Å². The zero-order valence-corrected chi connectivity index (χ0v) is 5.76. The summed E-state index contributed by atoms with van der Waals surface area (Å²) in [7, 11) is 0. The van der Waals surface area contributed by atoms with Gasteiger partial charge in [-0.3, -0.25) is 0 Å². The van der Waals surface area contributed by atoms with E-state index in [4.69, 9.17) is 23.2 Å². The first-order chi connectivity index (χ1) is 3.27. The third-order valence-corrected chi connectivity index (χ3v) is 0.907. The van der Waals surface area contributed by atoms with Crippen LogP contribution in [-0.2, 0) is 0 Å². The Labute approximate surface area is 54.1 Å². The average molecular weight is 139 g/mol. The summed E-state index contributed by atoms with van der Waals surface area (Å²) in [5.74, 6) is 0.657. The van der Waals surface area contributed by atoms with Crippen LogP contribution < -0.4 is 0 Å². The molecule has 0 atom stereocenters. The smallest absolute Gasteiger partial charge is 0.0258 e. The minimum Gasteiger partial charge on any atom is -0.126 e. The highest BCUT2D eigenvalue weighted by atomic mass is 35.5. The van der Waals surface area contributed by atoms with E-state index < -0.39 is 0 Å². The molecular weight excluding hydrogens is 131 g/mol. The summed E-state index contributed by atoms with van der Waals surface area (Å²) in [6.45, 7) is 1.84. The van der Waals surface area contributed by atoms with Crippen molar-refractivity contribution in [2.45, 2.75) is 13.3 Å². The summed E-state index contributed by atoms with van der Waals surface area (Å²) in [5.41, 5.74) is 0. The van der Waals surface area contributed by atoms with Crippen molar-refractivity contribution in [1.82, 2.24) is 0 Å². The molecule has 0 heterocycles. The molecule has 0 amide bonds. The largest absolute Gasteiger partial charge is 0.126 e. The minimum atomic E-state index is 0.657. The van der Waals surface area contributed by atoms with Crippen molar-refractivity contribution in [3.8, 4) is 0 Å². The van der Waals surface area contributed by atoms with E-state index in [-0.39, 0.29) is 0 Å². The van der Waals surface area contributed by atoms with E-state index >= 15 is 0 Å². The van der Waals surface area contributed by atoms with E-state index in [1.54, 1.807) is 0 Å². The number of hydrogen-bond acceptors (Lipinski definition) is 0. The summed E-state index contributed by atoms with van der Waals surface area (Å²) >= 11 is 10.8. The highest BCUT2D eigenvalue weighted by Gasteiger charge is 1.76. The molecular formula is C5H8Cl2. The lowest BCUT2D eigenvalue weighted by molar-refractivity contribution is 1.22. The van der Waals surface area contributed by atoms with Crippen molar-refractivity contribution >= 4 is 23.2 Å². The maximum atomic E-state index is 5.46. The Hall–Kier alpha value is 0.320. The van der Waals surface area contributed by atoms with E-state index in [9.17, 15) is 0 Å². The van der Waals surface area contributed by atoms with Crippen molar-refractivity contribution in [2.75, 3.05) is 5.88 Å². The molecule has 0 fully saturated rings. The Kier molecular flexibility index (Phi) is 4.68. The van der Waals surface area contributed by atoms with Crippen LogP contribution in [-0.4, -0.2) is 5.88 Å². The average Bonchev–Trinajstić information content (AvgIpc) is 1.61. The van der Waals surface area contributed by atoms with E-state index in [1.165, 1.54) is 0 Å². The van der Waals surface area contributed by atoms with Crippen molar-refractivity contribution in [1.29, 1.82) is 0 Å². The second kappa shape index (κ2) is 4.48. The Morgan fingerprint density at radius 1 is 1.71 bits per heavy atom. The van der Waals surface area contributed by atoms with E-state index in [0.29, 0.717) is 5.88 Å². The molecule has 0 aliphatic heterocycles. The van der Waals surface area contributed by atoms with E-state index in [1.807, 2.05) is 13.0 Å². The Bertz CT molecular complexity index is 62.5. The molecule has 0 aliphatic carbocycles. The predicted molar refractivity (Wildman–Crippen MR) is 34.9 cm³/mol. The highest BCUT2D eigenvalue weighted by molar-refractivity contribution is 6.29. The van der Waals surface area contributed by atoms with Crippen molar-refractivity contribution in [3.05, 3.63) is 11.1 Å². The molecule has 0 nitrogen and oxygen atoms in total. The topological polar surface area (TPSA) is 0 Å². The lowest BCUT2D eigenvalue weighted by Crippen LogP contribution is -1.66. The summed E-state index contributed by atoms with van der Waals surface area (Å²) in [5, 5.41) is 0.820. The van der Waals surface area contributed by atoms with Gasteiger partial charge in [0.15, 0.2) is 0 Å². The molecule has 0 aliphatic rings. The second-order valence-electron chi connectivity index (χ2n) is 1.27. The van der Waals surface area contributed by atoms with Gasteiger partial charge in [-0.2, -0.15) is 0 Å². The van der Waals surface area contributed by atoms with Gasteiger partial charge in [0.2, 0.25) is 0 Å². The molecule has 0 spiro atoms. The number of halogens is 2. The summed E-state index contributed by atoms with van der Waals surface area (Å²) in [6, 6.07) is 0. The molecule has 0 radical (unpaired) electrons. The number of allylic oxidation sites excluding steroid dienone is 2. The number of alkyl halides is 1. The molecule has 0 aromatic carbocycles. The zero-order chi connectivity index (χ0) is 5.70. The lowest BCUT2D eigenvalue weighted by Gasteiger charge is -1.81. The molecule has 0 aromatic rings. The Morgan fingerprint density at radius 2 is 2.29 bits per heavy atom. The molecule has 0 saturated carbocycles. The van der Waals surface area contributed by atoms with Gasteiger partial charge < -0.3 is 0 Å². The van der Waals surface area contributed by atoms with E-state index in [2.05, 4.69) is 0 Å². The fourth-order valence-corrected chi connectivity index (χ4v) is 0.472. The molecule has 0 bridgehead atoms. The Balaban J connectivity index is 3.08. The fraction of sp³-hybridized carbons (Fsp3) is 0.600. The summed E-state index contributed by atoms with van der Waals surface area (Å²) < 4.78 is 0. The first kappa shape index (κ1) is 7.32.